The topological polar surface area (TPSA) is 35.2 Å². The van der Waals surface area contributed by atoms with Crippen LogP contribution in [0, 0.1) is 5.41 Å². The molecule has 1 heterocycles. The second-order valence-corrected chi connectivity index (χ2v) is 5.44. The van der Waals surface area contributed by atoms with Gasteiger partial charge in [0, 0.05) is 0 Å². The van der Waals surface area contributed by atoms with E-state index < -0.39 is 0 Å². The lowest BCUT2D eigenvalue weighted by atomic mass is 9.78. The van der Waals surface area contributed by atoms with Crippen LogP contribution in [0.4, 0.5) is 0 Å². The molecule has 2 rings (SSSR count). The van der Waals surface area contributed by atoms with Gasteiger partial charge in [-0.2, -0.15) is 0 Å². The van der Waals surface area contributed by atoms with Crippen LogP contribution in [0.25, 0.3) is 0 Å². The van der Waals surface area contributed by atoms with Gasteiger partial charge in [0.2, 0.25) is 0 Å². The Morgan fingerprint density at radius 2 is 2.12 bits per heavy atom. The number of hydrogen-bond donors (Lipinski definition) is 1. The average molecular weight is 219 g/mol. The number of fused-ring (bicyclic) bond motifs is 1. The van der Waals surface area contributed by atoms with Crippen molar-refractivity contribution in [2.45, 2.75) is 32.6 Å². The van der Waals surface area contributed by atoms with E-state index in [1.165, 1.54) is 5.56 Å². The Kier molecular flexibility index (Phi) is 3.20. The monoisotopic (exact) mass is 219 g/mol. The van der Waals surface area contributed by atoms with E-state index in [-0.39, 0.29) is 5.41 Å². The third kappa shape index (κ3) is 2.38. The van der Waals surface area contributed by atoms with Gasteiger partial charge in [0.25, 0.3) is 0 Å². The molecule has 0 spiro atoms. The molecule has 1 atom stereocenters. The summed E-state index contributed by atoms with van der Waals surface area (Å²) in [7, 11) is 0. The predicted octanol–water partition coefficient (Wildman–Crippen LogP) is 2.93. The zero-order valence-corrected chi connectivity index (χ0v) is 10.2. The highest BCUT2D eigenvalue weighted by atomic mass is 16.5. The normalized spacial score (nSPS) is 20.1. The van der Waals surface area contributed by atoms with Crippen LogP contribution in [0.1, 0.15) is 38.2 Å². The van der Waals surface area contributed by atoms with Crippen LogP contribution in [-0.2, 0) is 0 Å². The summed E-state index contributed by atoms with van der Waals surface area (Å²) in [5.74, 6) is 1.66. The smallest absolute Gasteiger partial charge is 0.122 e. The summed E-state index contributed by atoms with van der Waals surface area (Å²) in [6.45, 7) is 6.06. The van der Waals surface area contributed by atoms with Gasteiger partial charge in [-0.15, -0.1) is 0 Å². The second-order valence-electron chi connectivity index (χ2n) is 5.44. The minimum atomic E-state index is 0.217. The number of nitrogens with two attached hydrogens (primary N) is 1. The van der Waals surface area contributed by atoms with E-state index >= 15 is 0 Å². The van der Waals surface area contributed by atoms with Gasteiger partial charge in [-0.3, -0.25) is 0 Å². The Balaban J connectivity index is 2.19. The van der Waals surface area contributed by atoms with Crippen LogP contribution in [-0.4, -0.2) is 13.2 Å². The Hall–Kier alpha value is -1.02. The fourth-order valence-electron chi connectivity index (χ4n) is 2.38. The second kappa shape index (κ2) is 4.46. The lowest BCUT2D eigenvalue weighted by molar-refractivity contribution is 0.229. The average Bonchev–Trinajstić information content (AvgIpc) is 2.29. The molecule has 2 heteroatoms. The van der Waals surface area contributed by atoms with Crippen molar-refractivity contribution >= 4 is 0 Å². The van der Waals surface area contributed by atoms with Gasteiger partial charge >= 0.3 is 0 Å². The maximum absolute atomic E-state index is 5.81. The SMILES string of the molecule is CC(C)(CN)CC1CCOc2ccccc21. The van der Waals surface area contributed by atoms with E-state index in [4.69, 9.17) is 10.5 Å². The molecule has 0 saturated carbocycles. The highest BCUT2D eigenvalue weighted by molar-refractivity contribution is 5.37. The van der Waals surface area contributed by atoms with Crippen molar-refractivity contribution < 1.29 is 4.74 Å². The van der Waals surface area contributed by atoms with Crippen molar-refractivity contribution in [1.82, 2.24) is 0 Å². The molecule has 0 fully saturated rings. The molecular weight excluding hydrogens is 198 g/mol. The number of rotatable bonds is 3. The summed E-state index contributed by atoms with van der Waals surface area (Å²) in [5.41, 5.74) is 7.39. The summed E-state index contributed by atoms with van der Waals surface area (Å²) in [5, 5.41) is 0. The van der Waals surface area contributed by atoms with E-state index in [0.717, 1.165) is 31.7 Å². The Morgan fingerprint density at radius 1 is 1.38 bits per heavy atom. The standard InChI is InChI=1S/C14H21NO/c1-14(2,10-15)9-11-7-8-16-13-6-4-3-5-12(11)13/h3-6,11H,7-10,15H2,1-2H3. The Bertz CT molecular complexity index is 360. The third-order valence-corrected chi connectivity index (χ3v) is 3.43. The molecule has 0 saturated heterocycles. The van der Waals surface area contributed by atoms with Gasteiger partial charge in [0.05, 0.1) is 6.61 Å². The molecule has 2 N–H and O–H groups in total. The highest BCUT2D eigenvalue weighted by Gasteiger charge is 2.27. The van der Waals surface area contributed by atoms with Crippen molar-refractivity contribution in [3.05, 3.63) is 29.8 Å². The molecule has 0 amide bonds. The first kappa shape index (κ1) is 11.5. The van der Waals surface area contributed by atoms with Crippen molar-refractivity contribution in [3.63, 3.8) is 0 Å². The zero-order valence-electron chi connectivity index (χ0n) is 10.2. The lowest BCUT2D eigenvalue weighted by Crippen LogP contribution is -2.27. The maximum Gasteiger partial charge on any atom is 0.122 e. The molecule has 2 nitrogen and oxygen atoms in total. The van der Waals surface area contributed by atoms with E-state index in [1.807, 2.05) is 6.07 Å². The fourth-order valence-corrected chi connectivity index (χ4v) is 2.38. The highest BCUT2D eigenvalue weighted by Crippen LogP contribution is 2.40. The van der Waals surface area contributed by atoms with E-state index in [2.05, 4.69) is 32.0 Å². The number of benzene rings is 1. The zero-order chi connectivity index (χ0) is 11.6. The minimum Gasteiger partial charge on any atom is -0.493 e. The third-order valence-electron chi connectivity index (χ3n) is 3.43. The molecule has 1 aromatic rings. The van der Waals surface area contributed by atoms with Gasteiger partial charge in [-0.1, -0.05) is 32.0 Å². The van der Waals surface area contributed by atoms with Crippen molar-refractivity contribution in [2.24, 2.45) is 11.1 Å². The van der Waals surface area contributed by atoms with Crippen molar-refractivity contribution in [3.8, 4) is 5.75 Å². The largest absolute Gasteiger partial charge is 0.493 e. The molecule has 0 bridgehead atoms. The molecule has 88 valence electrons. The molecule has 0 aromatic heterocycles. The number of hydrogen-bond acceptors (Lipinski definition) is 2. The van der Waals surface area contributed by atoms with Gasteiger partial charge in [-0.05, 0) is 42.3 Å². The van der Waals surface area contributed by atoms with Gasteiger partial charge in [-0.25, -0.2) is 0 Å². The van der Waals surface area contributed by atoms with Crippen molar-refractivity contribution in [1.29, 1.82) is 0 Å². The summed E-state index contributed by atoms with van der Waals surface area (Å²) in [6, 6.07) is 8.38. The number of ether oxygens (including phenoxy) is 1. The Labute approximate surface area is 97.8 Å². The van der Waals surface area contributed by atoms with Crippen LogP contribution in [0.5, 0.6) is 5.75 Å². The van der Waals surface area contributed by atoms with E-state index in [0.29, 0.717) is 5.92 Å². The summed E-state index contributed by atoms with van der Waals surface area (Å²) >= 11 is 0. The van der Waals surface area contributed by atoms with Crippen LogP contribution in [0.15, 0.2) is 24.3 Å². The first-order valence-electron chi connectivity index (χ1n) is 6.04. The van der Waals surface area contributed by atoms with Crippen LogP contribution >= 0.6 is 0 Å². The first-order valence-corrected chi connectivity index (χ1v) is 6.04. The molecule has 1 unspecified atom stereocenters. The minimum absolute atomic E-state index is 0.217. The maximum atomic E-state index is 5.81. The number of para-hydroxylation sites is 1. The van der Waals surface area contributed by atoms with Crippen molar-refractivity contribution in [2.75, 3.05) is 13.2 Å². The van der Waals surface area contributed by atoms with Crippen LogP contribution in [0.2, 0.25) is 0 Å². The van der Waals surface area contributed by atoms with E-state index in [1.54, 1.807) is 0 Å². The molecule has 0 radical (unpaired) electrons. The summed E-state index contributed by atoms with van der Waals surface area (Å²) in [4.78, 5) is 0. The summed E-state index contributed by atoms with van der Waals surface area (Å²) < 4.78 is 5.67. The predicted molar refractivity (Wildman–Crippen MR) is 66.7 cm³/mol. The summed E-state index contributed by atoms with van der Waals surface area (Å²) in [6.07, 6.45) is 2.25. The van der Waals surface area contributed by atoms with Gasteiger partial charge in [0.1, 0.15) is 5.75 Å². The van der Waals surface area contributed by atoms with E-state index in [9.17, 15) is 0 Å². The molecular formula is C14H21NO. The molecule has 0 aliphatic carbocycles. The Morgan fingerprint density at radius 3 is 2.88 bits per heavy atom. The molecule has 16 heavy (non-hydrogen) atoms. The lowest BCUT2D eigenvalue weighted by Gasteiger charge is -2.32. The molecule has 1 aliphatic heterocycles. The quantitative estimate of drug-likeness (QED) is 0.848. The molecule has 1 aromatic carbocycles. The molecule has 1 aliphatic rings. The van der Waals surface area contributed by atoms with Gasteiger partial charge < -0.3 is 10.5 Å². The fraction of sp³-hybridized carbons (Fsp3) is 0.571. The first-order chi connectivity index (χ1) is 7.62. The van der Waals surface area contributed by atoms with Gasteiger partial charge in [0.15, 0.2) is 0 Å². The van der Waals surface area contributed by atoms with Crippen LogP contribution in [0.3, 0.4) is 0 Å². The van der Waals surface area contributed by atoms with Crippen LogP contribution < -0.4 is 10.5 Å².